The number of unbranched alkanes of at least 4 members (excludes halogenated alkanes) is 24. The van der Waals surface area contributed by atoms with Crippen molar-refractivity contribution in [1.29, 1.82) is 0 Å². The summed E-state index contributed by atoms with van der Waals surface area (Å²) >= 11 is 0. The largest absolute Gasteiger partial charge is 0.462 e. The summed E-state index contributed by atoms with van der Waals surface area (Å²) in [4.78, 5) is 24.6. The van der Waals surface area contributed by atoms with Crippen molar-refractivity contribution in [3.63, 3.8) is 0 Å². The molecule has 430 valence electrons. The number of aliphatic hydroxyl groups excluding tert-OH is 1. The average Bonchev–Trinajstić information content (AvgIpc) is 3.42. The van der Waals surface area contributed by atoms with Crippen molar-refractivity contribution in [2.75, 3.05) is 13.2 Å². The molecule has 0 bridgehead atoms. The van der Waals surface area contributed by atoms with Crippen LogP contribution in [0.3, 0.4) is 0 Å². The first-order valence-corrected chi connectivity index (χ1v) is 31.4. The van der Waals surface area contributed by atoms with Crippen LogP contribution < -0.4 is 0 Å². The van der Waals surface area contributed by atoms with Crippen LogP contribution in [-0.4, -0.2) is 36.4 Å². The van der Waals surface area contributed by atoms with Gasteiger partial charge in [-0.3, -0.25) is 9.59 Å². The molecule has 0 saturated heterocycles. The van der Waals surface area contributed by atoms with E-state index in [1.54, 1.807) is 0 Å². The highest BCUT2D eigenvalue weighted by Gasteiger charge is 2.16. The number of esters is 2. The Morgan fingerprint density at radius 3 is 0.789 bits per heavy atom. The van der Waals surface area contributed by atoms with Crippen LogP contribution in [0.15, 0.2) is 146 Å². The quantitative estimate of drug-likeness (QED) is 0.0373. The molecule has 1 atom stereocenters. The minimum Gasteiger partial charge on any atom is -0.462 e. The van der Waals surface area contributed by atoms with Gasteiger partial charge in [-0.2, -0.15) is 0 Å². The van der Waals surface area contributed by atoms with Gasteiger partial charge in [-0.1, -0.05) is 288 Å². The van der Waals surface area contributed by atoms with Crippen LogP contribution in [0.2, 0.25) is 0 Å². The Morgan fingerprint density at radius 2 is 0.526 bits per heavy atom. The lowest BCUT2D eigenvalue weighted by Crippen LogP contribution is -2.28. The molecule has 0 aliphatic rings. The fourth-order valence-corrected chi connectivity index (χ4v) is 8.50. The van der Waals surface area contributed by atoms with Gasteiger partial charge in [0.25, 0.3) is 0 Å². The molecule has 1 unspecified atom stereocenters. The summed E-state index contributed by atoms with van der Waals surface area (Å²) in [5.41, 5.74) is 0. The Balaban J connectivity index is 3.55. The molecule has 0 aliphatic carbocycles. The van der Waals surface area contributed by atoms with Crippen molar-refractivity contribution < 1.29 is 24.2 Å². The molecule has 0 aromatic carbocycles. The van der Waals surface area contributed by atoms with Crippen molar-refractivity contribution >= 4 is 11.9 Å². The second kappa shape index (κ2) is 65.1. The first kappa shape index (κ1) is 71.8. The molecule has 76 heavy (non-hydrogen) atoms. The molecule has 5 heteroatoms. The number of aliphatic hydroxyl groups is 1. The van der Waals surface area contributed by atoms with E-state index < -0.39 is 6.10 Å². The fourth-order valence-electron chi connectivity index (χ4n) is 8.50. The summed E-state index contributed by atoms with van der Waals surface area (Å²) in [7, 11) is 0. The zero-order valence-electron chi connectivity index (χ0n) is 49.2. The van der Waals surface area contributed by atoms with Crippen LogP contribution in [0.4, 0.5) is 0 Å². The lowest BCUT2D eigenvalue weighted by molar-refractivity contribution is -0.161. The van der Waals surface area contributed by atoms with Gasteiger partial charge in [-0.15, -0.1) is 0 Å². The molecule has 0 fully saturated rings. The van der Waals surface area contributed by atoms with Gasteiger partial charge in [0.1, 0.15) is 6.61 Å². The molecule has 5 nitrogen and oxygen atoms in total. The molecule has 0 aliphatic heterocycles. The number of allylic oxidation sites excluding steroid dienone is 24. The maximum atomic E-state index is 12.3. The third kappa shape index (κ3) is 62.3. The SMILES string of the molecule is CC/C=C\C/C=C\C/C=C\C/C=C\C/C=C\C/C=C\C/C=C\C/C=C\CCCCCCCCCCC(=O)OC(CO)COC(=O)CCCCCCCCCCCCCCCCCC/C=C\C/C=C\C/C=C\C/C=C\CC. The summed E-state index contributed by atoms with van der Waals surface area (Å²) in [6.45, 7) is 3.92. The molecule has 0 amide bonds. The molecule has 0 spiro atoms. The summed E-state index contributed by atoms with van der Waals surface area (Å²) in [5, 5.41) is 9.68. The summed E-state index contributed by atoms with van der Waals surface area (Å²) in [5.74, 6) is -0.602. The highest BCUT2D eigenvalue weighted by Crippen LogP contribution is 2.16. The Morgan fingerprint density at radius 1 is 0.303 bits per heavy atom. The topological polar surface area (TPSA) is 72.8 Å². The van der Waals surface area contributed by atoms with Crippen molar-refractivity contribution in [1.82, 2.24) is 0 Å². The van der Waals surface area contributed by atoms with E-state index in [1.807, 2.05) is 0 Å². The van der Waals surface area contributed by atoms with Crippen LogP contribution in [0.1, 0.15) is 271 Å². The zero-order valence-corrected chi connectivity index (χ0v) is 49.2. The van der Waals surface area contributed by atoms with E-state index in [-0.39, 0.29) is 25.2 Å². The van der Waals surface area contributed by atoms with E-state index in [9.17, 15) is 14.7 Å². The van der Waals surface area contributed by atoms with Crippen LogP contribution in [0, 0.1) is 0 Å². The van der Waals surface area contributed by atoms with E-state index in [2.05, 4.69) is 160 Å². The molecule has 1 N–H and O–H groups in total. The first-order chi connectivity index (χ1) is 37.6. The predicted molar refractivity (Wildman–Crippen MR) is 334 cm³/mol. The third-order valence-corrected chi connectivity index (χ3v) is 13.1. The average molecular weight is 1050 g/mol. The van der Waals surface area contributed by atoms with Crippen molar-refractivity contribution in [3.05, 3.63) is 146 Å². The zero-order chi connectivity index (χ0) is 54.8. The van der Waals surface area contributed by atoms with Crippen molar-refractivity contribution in [2.45, 2.75) is 277 Å². The highest BCUT2D eigenvalue weighted by molar-refractivity contribution is 5.70. The maximum Gasteiger partial charge on any atom is 0.306 e. The van der Waals surface area contributed by atoms with Crippen molar-refractivity contribution in [3.8, 4) is 0 Å². The van der Waals surface area contributed by atoms with Crippen LogP contribution >= 0.6 is 0 Å². The van der Waals surface area contributed by atoms with Crippen LogP contribution in [0.25, 0.3) is 0 Å². The predicted octanol–water partition coefficient (Wildman–Crippen LogP) is 21.8. The van der Waals surface area contributed by atoms with Gasteiger partial charge in [0.05, 0.1) is 6.61 Å². The lowest BCUT2D eigenvalue weighted by atomic mass is 10.0. The molecular formula is C71H116O5. The molecule has 0 heterocycles. The number of hydrogen-bond acceptors (Lipinski definition) is 5. The van der Waals surface area contributed by atoms with E-state index in [0.717, 1.165) is 122 Å². The Kier molecular flexibility index (Phi) is 61.5. The second-order valence-corrected chi connectivity index (χ2v) is 20.4. The van der Waals surface area contributed by atoms with Gasteiger partial charge in [-0.25, -0.2) is 0 Å². The molecular weight excluding hydrogens is 933 g/mol. The number of rotatable bonds is 56. The minimum atomic E-state index is -0.787. The molecule has 0 aromatic heterocycles. The maximum absolute atomic E-state index is 12.3. The summed E-state index contributed by atoms with van der Waals surface area (Å²) in [6.07, 6.45) is 98.3. The molecule has 0 aromatic rings. The van der Waals surface area contributed by atoms with E-state index >= 15 is 0 Å². The van der Waals surface area contributed by atoms with Gasteiger partial charge >= 0.3 is 11.9 Å². The number of carbonyl (C=O) groups excluding carboxylic acids is 2. The minimum absolute atomic E-state index is 0.0760. The van der Waals surface area contributed by atoms with Gasteiger partial charge in [0, 0.05) is 12.8 Å². The van der Waals surface area contributed by atoms with Crippen LogP contribution in [0.5, 0.6) is 0 Å². The van der Waals surface area contributed by atoms with E-state index in [4.69, 9.17) is 9.47 Å². The van der Waals surface area contributed by atoms with Crippen LogP contribution in [-0.2, 0) is 19.1 Å². The molecule has 0 rings (SSSR count). The van der Waals surface area contributed by atoms with E-state index in [1.165, 1.54) is 122 Å². The smallest absolute Gasteiger partial charge is 0.306 e. The second-order valence-electron chi connectivity index (χ2n) is 20.4. The third-order valence-electron chi connectivity index (χ3n) is 13.1. The fraction of sp³-hybridized carbons (Fsp3) is 0.634. The van der Waals surface area contributed by atoms with Gasteiger partial charge in [0.2, 0.25) is 0 Å². The monoisotopic (exact) mass is 1050 g/mol. The van der Waals surface area contributed by atoms with E-state index in [0.29, 0.717) is 12.8 Å². The number of carbonyl (C=O) groups is 2. The van der Waals surface area contributed by atoms with Crippen molar-refractivity contribution in [2.24, 2.45) is 0 Å². The Hall–Kier alpha value is -4.22. The standard InChI is InChI=1S/C71H116O5/c1-3-5-7-9-11-13-15-17-19-21-23-25-27-29-31-33-34-35-36-38-40-42-44-46-48-50-52-54-56-58-60-62-64-66-71(74)76-69(67-72)68-75-70(73)65-63-61-59-57-55-53-51-49-47-45-43-41-39-37-32-30-28-26-24-22-20-18-16-14-12-10-8-6-4-2/h5-8,11-14,17-20,23-26,29,31,34-35,38,40,44,46,69,72H,3-4,9-10,15-16,21-22,27-28,30,32-33,36-37,39,41-43,45,47-68H2,1-2H3/b7-5-,8-6-,13-11-,14-12-,19-17-,20-18-,25-23-,26-24-,31-29-,35-34-,40-38-,46-44-. The van der Waals surface area contributed by atoms with Gasteiger partial charge in [0.15, 0.2) is 6.10 Å². The Bertz CT molecular complexity index is 1610. The normalized spacial score (nSPS) is 13.2. The molecule has 0 saturated carbocycles. The number of ether oxygens (including phenoxy) is 2. The lowest BCUT2D eigenvalue weighted by Gasteiger charge is -2.15. The first-order valence-electron chi connectivity index (χ1n) is 31.4. The highest BCUT2D eigenvalue weighted by atomic mass is 16.6. The Labute approximate surface area is 469 Å². The number of hydrogen-bond donors (Lipinski definition) is 1. The van der Waals surface area contributed by atoms with Gasteiger partial charge < -0.3 is 14.6 Å². The summed E-state index contributed by atoms with van der Waals surface area (Å²) < 4.78 is 10.7. The summed E-state index contributed by atoms with van der Waals surface area (Å²) in [6, 6.07) is 0. The molecule has 0 radical (unpaired) electrons. The van der Waals surface area contributed by atoms with Gasteiger partial charge in [-0.05, 0) is 116 Å².